The Kier molecular flexibility index (Phi) is 3.54. The third kappa shape index (κ3) is 2.34. The van der Waals surface area contributed by atoms with E-state index in [1.165, 1.54) is 6.07 Å². The molecule has 0 saturated carbocycles. The van der Waals surface area contributed by atoms with Gasteiger partial charge in [0.2, 0.25) is 5.91 Å². The van der Waals surface area contributed by atoms with Crippen LogP contribution >= 0.6 is 15.9 Å². The molecule has 1 atom stereocenters. The molecule has 2 aromatic carbocycles. The van der Waals surface area contributed by atoms with Crippen molar-refractivity contribution in [1.82, 2.24) is 5.32 Å². The van der Waals surface area contributed by atoms with Crippen molar-refractivity contribution in [3.63, 3.8) is 0 Å². The van der Waals surface area contributed by atoms with Gasteiger partial charge in [0.15, 0.2) is 0 Å². The summed E-state index contributed by atoms with van der Waals surface area (Å²) in [6, 6.07) is 11.7. The van der Waals surface area contributed by atoms with Gasteiger partial charge >= 0.3 is 0 Å². The molecule has 3 rings (SSSR count). The van der Waals surface area contributed by atoms with Gasteiger partial charge in [0.25, 0.3) is 0 Å². The highest BCUT2D eigenvalue weighted by Crippen LogP contribution is 2.36. The summed E-state index contributed by atoms with van der Waals surface area (Å²) in [5.74, 6) is -0.394. The van der Waals surface area contributed by atoms with Crippen molar-refractivity contribution in [3.8, 4) is 0 Å². The molecule has 0 fully saturated rings. The van der Waals surface area contributed by atoms with Crippen molar-refractivity contribution < 1.29 is 9.18 Å². The molecule has 2 aromatic rings. The smallest absolute Gasteiger partial charge is 0.246 e. The zero-order chi connectivity index (χ0) is 14.1. The SMILES string of the molecule is O=C1Nc2cccc(Br)c2C1NCc1ccccc1F. The highest BCUT2D eigenvalue weighted by atomic mass is 79.9. The molecule has 1 aliphatic rings. The van der Waals surface area contributed by atoms with Gasteiger partial charge in [0.1, 0.15) is 11.9 Å². The first-order valence-corrected chi connectivity index (χ1v) is 7.02. The molecule has 1 amide bonds. The number of halogens is 2. The lowest BCUT2D eigenvalue weighted by molar-refractivity contribution is -0.117. The van der Waals surface area contributed by atoms with Crippen molar-refractivity contribution in [2.24, 2.45) is 0 Å². The molecule has 0 radical (unpaired) electrons. The number of amides is 1. The Hall–Kier alpha value is -1.72. The number of carbonyl (C=O) groups excluding carboxylic acids is 1. The van der Waals surface area contributed by atoms with E-state index >= 15 is 0 Å². The summed E-state index contributed by atoms with van der Waals surface area (Å²) < 4.78 is 14.4. The fourth-order valence-electron chi connectivity index (χ4n) is 2.32. The lowest BCUT2D eigenvalue weighted by Gasteiger charge is -2.13. The van der Waals surface area contributed by atoms with E-state index < -0.39 is 6.04 Å². The van der Waals surface area contributed by atoms with Gasteiger partial charge in [0, 0.05) is 27.8 Å². The fraction of sp³-hybridized carbons (Fsp3) is 0.133. The van der Waals surface area contributed by atoms with E-state index in [9.17, 15) is 9.18 Å². The summed E-state index contributed by atoms with van der Waals surface area (Å²) in [5.41, 5.74) is 2.20. The maximum absolute atomic E-state index is 13.6. The minimum atomic E-state index is -0.472. The first-order valence-electron chi connectivity index (χ1n) is 6.23. The molecule has 0 spiro atoms. The van der Waals surface area contributed by atoms with E-state index in [1.54, 1.807) is 18.2 Å². The maximum atomic E-state index is 13.6. The second kappa shape index (κ2) is 5.34. The van der Waals surface area contributed by atoms with Gasteiger partial charge in [-0.15, -0.1) is 0 Å². The molecular formula is C15H12BrFN2O. The van der Waals surface area contributed by atoms with Crippen LogP contribution in [0.5, 0.6) is 0 Å². The van der Waals surface area contributed by atoms with Crippen LogP contribution in [-0.2, 0) is 11.3 Å². The van der Waals surface area contributed by atoms with Gasteiger partial charge in [-0.3, -0.25) is 10.1 Å². The Bertz CT molecular complexity index is 675. The summed E-state index contributed by atoms with van der Waals surface area (Å²) >= 11 is 3.45. The second-order valence-electron chi connectivity index (χ2n) is 4.60. The summed E-state index contributed by atoms with van der Waals surface area (Å²) in [6.45, 7) is 0.297. The molecule has 0 bridgehead atoms. The van der Waals surface area contributed by atoms with Crippen LogP contribution in [0.25, 0.3) is 0 Å². The number of hydrogen-bond donors (Lipinski definition) is 2. The van der Waals surface area contributed by atoms with E-state index in [1.807, 2.05) is 18.2 Å². The van der Waals surface area contributed by atoms with Crippen molar-refractivity contribution >= 4 is 27.5 Å². The maximum Gasteiger partial charge on any atom is 0.246 e. The summed E-state index contributed by atoms with van der Waals surface area (Å²) in [4.78, 5) is 12.0. The molecule has 102 valence electrons. The highest BCUT2D eigenvalue weighted by Gasteiger charge is 2.31. The van der Waals surface area contributed by atoms with E-state index in [0.29, 0.717) is 12.1 Å². The zero-order valence-corrected chi connectivity index (χ0v) is 12.1. The molecule has 20 heavy (non-hydrogen) atoms. The fourth-order valence-corrected chi connectivity index (χ4v) is 2.92. The van der Waals surface area contributed by atoms with Crippen molar-refractivity contribution in [1.29, 1.82) is 0 Å². The number of nitrogens with one attached hydrogen (secondary N) is 2. The molecule has 0 aliphatic carbocycles. The van der Waals surface area contributed by atoms with Crippen LogP contribution < -0.4 is 10.6 Å². The zero-order valence-electron chi connectivity index (χ0n) is 10.5. The van der Waals surface area contributed by atoms with Gasteiger partial charge in [0.05, 0.1) is 0 Å². The van der Waals surface area contributed by atoms with Crippen LogP contribution in [0.4, 0.5) is 10.1 Å². The molecule has 0 saturated heterocycles. The van der Waals surface area contributed by atoms with Crippen molar-refractivity contribution in [2.45, 2.75) is 12.6 Å². The Morgan fingerprint density at radius 1 is 1.20 bits per heavy atom. The highest BCUT2D eigenvalue weighted by molar-refractivity contribution is 9.10. The first kappa shape index (κ1) is 13.3. The molecule has 3 nitrogen and oxygen atoms in total. The van der Waals surface area contributed by atoms with E-state index in [4.69, 9.17) is 0 Å². The van der Waals surface area contributed by atoms with Gasteiger partial charge in [-0.05, 0) is 18.2 Å². The summed E-state index contributed by atoms with van der Waals surface area (Å²) in [7, 11) is 0. The standard InChI is InChI=1S/C15H12BrFN2O/c16-10-5-3-7-12-13(10)14(15(20)19-12)18-8-9-4-1-2-6-11(9)17/h1-7,14,18H,8H2,(H,19,20). The first-order chi connectivity index (χ1) is 9.66. The summed E-state index contributed by atoms with van der Waals surface area (Å²) in [6.07, 6.45) is 0. The number of rotatable bonds is 3. The summed E-state index contributed by atoms with van der Waals surface area (Å²) in [5, 5.41) is 5.92. The van der Waals surface area contributed by atoms with Gasteiger partial charge in [-0.2, -0.15) is 0 Å². The number of fused-ring (bicyclic) bond motifs is 1. The third-order valence-electron chi connectivity index (χ3n) is 3.32. The molecule has 1 heterocycles. The Balaban J connectivity index is 1.83. The molecule has 1 unspecified atom stereocenters. The van der Waals surface area contributed by atoms with E-state index in [2.05, 4.69) is 26.6 Å². The van der Waals surface area contributed by atoms with Gasteiger partial charge < -0.3 is 5.32 Å². The second-order valence-corrected chi connectivity index (χ2v) is 5.45. The third-order valence-corrected chi connectivity index (χ3v) is 4.01. The molecule has 0 aromatic heterocycles. The Morgan fingerprint density at radius 3 is 2.80 bits per heavy atom. The lowest BCUT2D eigenvalue weighted by atomic mass is 10.1. The van der Waals surface area contributed by atoms with E-state index in [-0.39, 0.29) is 11.7 Å². The van der Waals surface area contributed by atoms with E-state index in [0.717, 1.165) is 15.7 Å². The molecular weight excluding hydrogens is 323 g/mol. The van der Waals surface area contributed by atoms with Crippen molar-refractivity contribution in [3.05, 3.63) is 63.9 Å². The van der Waals surface area contributed by atoms with Crippen LogP contribution in [0.1, 0.15) is 17.2 Å². The molecule has 2 N–H and O–H groups in total. The topological polar surface area (TPSA) is 41.1 Å². The average molecular weight is 335 g/mol. The predicted octanol–water partition coefficient (Wildman–Crippen LogP) is 3.37. The Morgan fingerprint density at radius 2 is 2.00 bits per heavy atom. The normalized spacial score (nSPS) is 16.9. The number of hydrogen-bond acceptors (Lipinski definition) is 2. The van der Waals surface area contributed by atoms with Crippen LogP contribution in [0, 0.1) is 5.82 Å². The average Bonchev–Trinajstić information content (AvgIpc) is 2.75. The number of benzene rings is 2. The largest absolute Gasteiger partial charge is 0.324 e. The molecule has 5 heteroatoms. The van der Waals surface area contributed by atoms with Crippen LogP contribution in [0.2, 0.25) is 0 Å². The van der Waals surface area contributed by atoms with Gasteiger partial charge in [-0.1, -0.05) is 40.2 Å². The Labute approximate surface area is 124 Å². The number of anilines is 1. The van der Waals surface area contributed by atoms with Gasteiger partial charge in [-0.25, -0.2) is 4.39 Å². The van der Waals surface area contributed by atoms with Crippen LogP contribution in [-0.4, -0.2) is 5.91 Å². The minimum absolute atomic E-state index is 0.122. The minimum Gasteiger partial charge on any atom is -0.324 e. The van der Waals surface area contributed by atoms with Crippen molar-refractivity contribution in [2.75, 3.05) is 5.32 Å². The molecule has 1 aliphatic heterocycles. The van der Waals surface area contributed by atoms with Crippen LogP contribution in [0.15, 0.2) is 46.9 Å². The number of carbonyl (C=O) groups is 1. The lowest BCUT2D eigenvalue weighted by Crippen LogP contribution is -2.27. The quantitative estimate of drug-likeness (QED) is 0.903. The van der Waals surface area contributed by atoms with Crippen LogP contribution in [0.3, 0.4) is 0 Å². The predicted molar refractivity (Wildman–Crippen MR) is 78.8 cm³/mol. The monoisotopic (exact) mass is 334 g/mol.